The first-order valence-corrected chi connectivity index (χ1v) is 8.31. The third-order valence-electron chi connectivity index (χ3n) is 3.54. The van der Waals surface area contributed by atoms with Crippen LogP contribution in [0.5, 0.6) is 0 Å². The number of ether oxygens (including phenoxy) is 1. The fraction of sp³-hybridized carbons (Fsp3) is 0.235. The van der Waals surface area contributed by atoms with Gasteiger partial charge in [0.25, 0.3) is 0 Å². The third kappa shape index (κ3) is 3.88. The molecule has 0 unspecified atom stereocenters. The summed E-state index contributed by atoms with van der Waals surface area (Å²) in [7, 11) is 0. The van der Waals surface area contributed by atoms with Gasteiger partial charge in [-0.2, -0.15) is 0 Å². The molecule has 0 spiro atoms. The van der Waals surface area contributed by atoms with Crippen molar-refractivity contribution >= 4 is 45.1 Å². The smallest absolute Gasteiger partial charge is 0.0645 e. The summed E-state index contributed by atoms with van der Waals surface area (Å²) in [4.78, 5) is 6.79. The molecule has 0 bridgehead atoms. The number of hydrogen-bond donors (Lipinski definition) is 0. The second-order valence-electron chi connectivity index (χ2n) is 5.05. The molecule has 1 saturated heterocycles. The summed E-state index contributed by atoms with van der Waals surface area (Å²) in [6, 6.07) is 14.1. The lowest BCUT2D eigenvalue weighted by Crippen LogP contribution is -2.36. The topological polar surface area (TPSA) is 24.8 Å². The summed E-state index contributed by atoms with van der Waals surface area (Å²) in [5.41, 5.74) is 3.13. The molecule has 114 valence electrons. The molecular formula is C17H16BrClN2O. The van der Waals surface area contributed by atoms with Gasteiger partial charge in [0.15, 0.2) is 0 Å². The number of aliphatic imine (C=N–C) groups is 1. The molecule has 0 N–H and O–H groups in total. The average Bonchev–Trinajstić information content (AvgIpc) is 2.57. The Morgan fingerprint density at radius 3 is 2.50 bits per heavy atom. The largest absolute Gasteiger partial charge is 0.378 e. The predicted molar refractivity (Wildman–Crippen MR) is 95.9 cm³/mol. The molecule has 0 amide bonds. The first kappa shape index (κ1) is 15.5. The Kier molecular flexibility index (Phi) is 5.13. The lowest BCUT2D eigenvalue weighted by atomic mass is 10.2. The molecule has 22 heavy (non-hydrogen) atoms. The van der Waals surface area contributed by atoms with E-state index in [4.69, 9.17) is 16.3 Å². The van der Waals surface area contributed by atoms with E-state index in [0.717, 1.165) is 42.0 Å². The van der Waals surface area contributed by atoms with Gasteiger partial charge in [0.05, 0.1) is 23.9 Å². The molecule has 1 fully saturated rings. The normalized spacial score (nSPS) is 15.5. The van der Waals surface area contributed by atoms with E-state index < -0.39 is 0 Å². The summed E-state index contributed by atoms with van der Waals surface area (Å²) in [6.07, 6.45) is 1.85. The molecule has 3 rings (SSSR count). The van der Waals surface area contributed by atoms with Crippen LogP contribution in [0.25, 0.3) is 0 Å². The van der Waals surface area contributed by atoms with Crippen molar-refractivity contribution in [2.24, 2.45) is 4.99 Å². The molecule has 0 atom stereocenters. The van der Waals surface area contributed by atoms with Crippen molar-refractivity contribution in [3.05, 3.63) is 57.5 Å². The molecule has 5 heteroatoms. The van der Waals surface area contributed by atoms with Gasteiger partial charge >= 0.3 is 0 Å². The van der Waals surface area contributed by atoms with Crippen molar-refractivity contribution in [1.29, 1.82) is 0 Å². The lowest BCUT2D eigenvalue weighted by Gasteiger charge is -2.28. The number of rotatable bonds is 3. The van der Waals surface area contributed by atoms with Crippen molar-refractivity contribution in [2.45, 2.75) is 0 Å². The van der Waals surface area contributed by atoms with E-state index in [9.17, 15) is 0 Å². The van der Waals surface area contributed by atoms with Crippen LogP contribution < -0.4 is 4.90 Å². The predicted octanol–water partition coefficient (Wildman–Crippen LogP) is 4.69. The van der Waals surface area contributed by atoms with Crippen molar-refractivity contribution in [1.82, 2.24) is 0 Å². The minimum Gasteiger partial charge on any atom is -0.378 e. The average molecular weight is 380 g/mol. The van der Waals surface area contributed by atoms with Crippen LogP contribution >= 0.6 is 27.5 Å². The van der Waals surface area contributed by atoms with E-state index in [2.05, 4.69) is 50.1 Å². The molecule has 0 radical (unpaired) electrons. The molecule has 3 nitrogen and oxygen atoms in total. The highest BCUT2D eigenvalue weighted by Crippen LogP contribution is 2.27. The fourth-order valence-corrected chi connectivity index (χ4v) is 2.73. The van der Waals surface area contributed by atoms with Gasteiger partial charge < -0.3 is 9.64 Å². The van der Waals surface area contributed by atoms with Crippen LogP contribution in [0.1, 0.15) is 5.56 Å². The van der Waals surface area contributed by atoms with Crippen LogP contribution in [0.2, 0.25) is 5.02 Å². The van der Waals surface area contributed by atoms with Crippen LogP contribution in [0, 0.1) is 0 Å². The molecule has 0 saturated carbocycles. The molecule has 0 aliphatic carbocycles. The van der Waals surface area contributed by atoms with Crippen molar-refractivity contribution in [3.63, 3.8) is 0 Å². The van der Waals surface area contributed by atoms with E-state index in [0.29, 0.717) is 5.02 Å². The van der Waals surface area contributed by atoms with Gasteiger partial charge in [-0.15, -0.1) is 0 Å². The zero-order valence-corrected chi connectivity index (χ0v) is 14.3. The molecular weight excluding hydrogens is 364 g/mol. The van der Waals surface area contributed by atoms with E-state index in [-0.39, 0.29) is 0 Å². The first-order valence-electron chi connectivity index (χ1n) is 7.14. The highest BCUT2D eigenvalue weighted by molar-refractivity contribution is 9.10. The molecule has 1 aliphatic rings. The van der Waals surface area contributed by atoms with Crippen LogP contribution in [0.4, 0.5) is 11.4 Å². The second-order valence-corrected chi connectivity index (χ2v) is 6.31. The van der Waals surface area contributed by atoms with Crippen LogP contribution in [-0.2, 0) is 4.74 Å². The van der Waals surface area contributed by atoms with Gasteiger partial charge in [0, 0.05) is 29.5 Å². The highest BCUT2D eigenvalue weighted by atomic mass is 79.9. The maximum Gasteiger partial charge on any atom is 0.0645 e. The van der Waals surface area contributed by atoms with Gasteiger partial charge in [-0.05, 0) is 51.8 Å². The molecule has 2 aromatic carbocycles. The highest BCUT2D eigenvalue weighted by Gasteiger charge is 2.10. The number of hydrogen-bond acceptors (Lipinski definition) is 3. The fourth-order valence-electron chi connectivity index (χ4n) is 2.31. The number of nitrogens with zero attached hydrogens (tertiary/aromatic N) is 2. The Bertz CT molecular complexity index is 667. The summed E-state index contributed by atoms with van der Waals surface area (Å²) in [5, 5.41) is 0.664. The molecule has 1 aliphatic heterocycles. The Hall–Kier alpha value is -1.36. The lowest BCUT2D eigenvalue weighted by molar-refractivity contribution is 0.122. The number of halogens is 2. The van der Waals surface area contributed by atoms with E-state index in [1.54, 1.807) is 0 Å². The van der Waals surface area contributed by atoms with Gasteiger partial charge in [0.1, 0.15) is 0 Å². The Morgan fingerprint density at radius 1 is 1.09 bits per heavy atom. The molecule has 0 aromatic heterocycles. The van der Waals surface area contributed by atoms with Crippen molar-refractivity contribution < 1.29 is 4.74 Å². The quantitative estimate of drug-likeness (QED) is 0.723. The Labute approximate surface area is 143 Å². The van der Waals surface area contributed by atoms with Crippen LogP contribution in [-0.4, -0.2) is 32.5 Å². The number of anilines is 1. The van der Waals surface area contributed by atoms with Crippen molar-refractivity contribution in [2.75, 3.05) is 31.2 Å². The van der Waals surface area contributed by atoms with Crippen LogP contribution in [0.15, 0.2) is 51.9 Å². The first-order chi connectivity index (χ1) is 10.7. The Balaban J connectivity index is 1.69. The van der Waals surface area contributed by atoms with Gasteiger partial charge in [-0.25, -0.2) is 0 Å². The van der Waals surface area contributed by atoms with Crippen LogP contribution in [0.3, 0.4) is 0 Å². The number of morpholine rings is 1. The zero-order valence-electron chi connectivity index (χ0n) is 12.0. The SMILES string of the molecule is Clc1cc(N=Cc2ccc(N3CCOCC3)cc2)ccc1Br. The van der Waals surface area contributed by atoms with Crippen molar-refractivity contribution in [3.8, 4) is 0 Å². The monoisotopic (exact) mass is 378 g/mol. The maximum atomic E-state index is 6.07. The number of benzene rings is 2. The summed E-state index contributed by atoms with van der Waals surface area (Å²) in [6.45, 7) is 3.50. The maximum absolute atomic E-state index is 6.07. The Morgan fingerprint density at radius 2 is 1.82 bits per heavy atom. The zero-order chi connectivity index (χ0) is 15.4. The standard InChI is InChI=1S/C17H16BrClN2O/c18-16-6-3-14(11-17(16)19)20-12-13-1-4-15(5-2-13)21-7-9-22-10-8-21/h1-6,11-12H,7-10H2. The third-order valence-corrected chi connectivity index (χ3v) is 4.77. The van der Waals surface area contributed by atoms with E-state index in [1.807, 2.05) is 24.4 Å². The van der Waals surface area contributed by atoms with Gasteiger partial charge in [-0.1, -0.05) is 23.7 Å². The van der Waals surface area contributed by atoms with E-state index in [1.165, 1.54) is 5.69 Å². The minimum absolute atomic E-state index is 0.664. The molecule has 2 aromatic rings. The second kappa shape index (κ2) is 7.27. The summed E-state index contributed by atoms with van der Waals surface area (Å²) >= 11 is 9.44. The van der Waals surface area contributed by atoms with E-state index >= 15 is 0 Å². The summed E-state index contributed by atoms with van der Waals surface area (Å²) in [5.74, 6) is 0. The summed E-state index contributed by atoms with van der Waals surface area (Å²) < 4.78 is 6.25. The molecule has 1 heterocycles. The van der Waals surface area contributed by atoms with Gasteiger partial charge in [-0.3, -0.25) is 4.99 Å². The van der Waals surface area contributed by atoms with Gasteiger partial charge in [0.2, 0.25) is 0 Å². The minimum atomic E-state index is 0.664.